The monoisotopic (exact) mass is 208 g/mol. The van der Waals surface area contributed by atoms with Crippen molar-refractivity contribution in [1.82, 2.24) is 0 Å². The third-order valence-electron chi connectivity index (χ3n) is 2.73. The average Bonchev–Trinajstić information content (AvgIpc) is 1.97. The summed E-state index contributed by atoms with van der Waals surface area (Å²) in [5.74, 6) is -5.25. The van der Waals surface area contributed by atoms with Gasteiger partial charge >= 0.3 is 0 Å². The fourth-order valence-corrected chi connectivity index (χ4v) is 1.45. The molecule has 6 heteroatoms. The van der Waals surface area contributed by atoms with Gasteiger partial charge in [-0.05, 0) is 12.8 Å². The minimum Gasteiger partial charge on any atom is -0.381 e. The third kappa shape index (κ3) is 1.85. The summed E-state index contributed by atoms with van der Waals surface area (Å²) in [7, 11) is 0. The molecule has 0 heterocycles. The van der Waals surface area contributed by atoms with Gasteiger partial charge in [0.2, 0.25) is 5.91 Å². The average molecular weight is 208 g/mol. The number of carbonyl (C=O) groups excluding carboxylic acids is 1. The molecule has 1 aliphatic rings. The van der Waals surface area contributed by atoms with Crippen LogP contribution in [0.3, 0.4) is 0 Å². The molecule has 0 aliphatic heterocycles. The number of aliphatic hydroxyl groups excluding tert-OH is 1. The lowest BCUT2D eigenvalue weighted by molar-refractivity contribution is -0.148. The van der Waals surface area contributed by atoms with Crippen LogP contribution in [0.5, 0.6) is 0 Å². The molecule has 82 valence electrons. The maximum absolute atomic E-state index is 13.4. The van der Waals surface area contributed by atoms with Gasteiger partial charge in [-0.25, -0.2) is 8.78 Å². The Morgan fingerprint density at radius 2 is 2.00 bits per heavy atom. The van der Waals surface area contributed by atoms with Crippen molar-refractivity contribution >= 4 is 5.91 Å². The van der Waals surface area contributed by atoms with Crippen molar-refractivity contribution in [3.05, 3.63) is 0 Å². The number of hydrogen-bond donors (Lipinski definition) is 3. The van der Waals surface area contributed by atoms with Gasteiger partial charge in [0.1, 0.15) is 6.04 Å². The molecule has 14 heavy (non-hydrogen) atoms. The summed E-state index contributed by atoms with van der Waals surface area (Å²) in [4.78, 5) is 10.5. The molecule has 0 spiro atoms. The number of rotatable bonds is 4. The Morgan fingerprint density at radius 1 is 1.50 bits per heavy atom. The van der Waals surface area contributed by atoms with Crippen LogP contribution in [0.15, 0.2) is 0 Å². The van der Waals surface area contributed by atoms with Crippen LogP contribution in [0.2, 0.25) is 0 Å². The van der Waals surface area contributed by atoms with E-state index in [1.807, 2.05) is 0 Å². The van der Waals surface area contributed by atoms with Gasteiger partial charge < -0.3 is 16.6 Å². The highest BCUT2D eigenvalue weighted by molar-refractivity contribution is 5.79. The highest BCUT2D eigenvalue weighted by atomic mass is 19.3. The van der Waals surface area contributed by atoms with Crippen molar-refractivity contribution in [3.8, 4) is 0 Å². The van der Waals surface area contributed by atoms with Crippen molar-refractivity contribution in [1.29, 1.82) is 0 Å². The van der Waals surface area contributed by atoms with E-state index < -0.39 is 29.9 Å². The van der Waals surface area contributed by atoms with Gasteiger partial charge in [0, 0.05) is 5.92 Å². The zero-order valence-electron chi connectivity index (χ0n) is 7.62. The molecule has 1 amide bonds. The predicted molar refractivity (Wildman–Crippen MR) is 45.5 cm³/mol. The Labute approximate surface area is 80.3 Å². The number of nitrogens with two attached hydrogens (primary N) is 2. The van der Waals surface area contributed by atoms with Crippen LogP contribution in [-0.4, -0.2) is 29.1 Å². The molecule has 2 atom stereocenters. The molecule has 4 nitrogen and oxygen atoms in total. The standard InChI is InChI=1S/C8H14F2N2O2/c9-8(10,4-2-1-3-4)6(11)5(13)7(12)14/h4-6,13H,1-3,11H2,(H2,12,14). The van der Waals surface area contributed by atoms with E-state index in [9.17, 15) is 13.6 Å². The van der Waals surface area contributed by atoms with Crippen LogP contribution in [0.1, 0.15) is 19.3 Å². The van der Waals surface area contributed by atoms with E-state index >= 15 is 0 Å². The number of hydrogen-bond acceptors (Lipinski definition) is 3. The minimum atomic E-state index is -3.22. The molecule has 0 aromatic heterocycles. The number of amides is 1. The molecule has 0 aromatic carbocycles. The Balaban J connectivity index is 2.65. The van der Waals surface area contributed by atoms with Crippen molar-refractivity contribution in [2.24, 2.45) is 17.4 Å². The van der Waals surface area contributed by atoms with Gasteiger partial charge in [-0.15, -0.1) is 0 Å². The second kappa shape index (κ2) is 3.78. The Morgan fingerprint density at radius 3 is 2.29 bits per heavy atom. The lowest BCUT2D eigenvalue weighted by atomic mass is 9.77. The third-order valence-corrected chi connectivity index (χ3v) is 2.73. The van der Waals surface area contributed by atoms with Gasteiger partial charge in [0.25, 0.3) is 5.92 Å². The largest absolute Gasteiger partial charge is 0.381 e. The summed E-state index contributed by atoms with van der Waals surface area (Å²) in [6, 6.07) is -1.90. The molecular formula is C8H14F2N2O2. The highest BCUT2D eigenvalue weighted by Crippen LogP contribution is 2.41. The van der Waals surface area contributed by atoms with Crippen LogP contribution in [0.4, 0.5) is 8.78 Å². The van der Waals surface area contributed by atoms with Crippen LogP contribution < -0.4 is 11.5 Å². The maximum atomic E-state index is 13.4. The lowest BCUT2D eigenvalue weighted by Gasteiger charge is -2.37. The molecule has 1 rings (SSSR count). The van der Waals surface area contributed by atoms with E-state index in [0.717, 1.165) is 6.42 Å². The topological polar surface area (TPSA) is 89.3 Å². The number of carbonyl (C=O) groups is 1. The van der Waals surface area contributed by atoms with Gasteiger partial charge in [-0.1, -0.05) is 6.42 Å². The first-order valence-corrected chi connectivity index (χ1v) is 4.48. The van der Waals surface area contributed by atoms with Gasteiger partial charge in [0.15, 0.2) is 6.10 Å². The van der Waals surface area contributed by atoms with Gasteiger partial charge in [-0.3, -0.25) is 4.79 Å². The van der Waals surface area contributed by atoms with Gasteiger partial charge in [0.05, 0.1) is 0 Å². The second-order valence-electron chi connectivity index (χ2n) is 3.68. The highest BCUT2D eigenvalue weighted by Gasteiger charge is 2.51. The molecular weight excluding hydrogens is 194 g/mol. The molecule has 0 bridgehead atoms. The Bertz CT molecular complexity index is 231. The fraction of sp³-hybridized carbons (Fsp3) is 0.875. The normalized spacial score (nSPS) is 22.6. The first-order chi connectivity index (χ1) is 6.37. The quantitative estimate of drug-likeness (QED) is 0.587. The summed E-state index contributed by atoms with van der Waals surface area (Å²) in [6.07, 6.45) is -0.483. The number of alkyl halides is 2. The SMILES string of the molecule is NC(=O)C(O)C(N)C(F)(F)C1CCC1. The van der Waals surface area contributed by atoms with E-state index in [0.29, 0.717) is 12.8 Å². The van der Waals surface area contributed by atoms with E-state index in [4.69, 9.17) is 16.6 Å². The summed E-state index contributed by atoms with van der Waals surface area (Å²) in [5, 5.41) is 9.02. The summed E-state index contributed by atoms with van der Waals surface area (Å²) in [6.45, 7) is 0. The molecule has 2 unspecified atom stereocenters. The number of halogens is 2. The fourth-order valence-electron chi connectivity index (χ4n) is 1.45. The first-order valence-electron chi connectivity index (χ1n) is 4.48. The summed E-state index contributed by atoms with van der Waals surface area (Å²) in [5.41, 5.74) is 9.80. The molecule has 1 saturated carbocycles. The van der Waals surface area contributed by atoms with Gasteiger partial charge in [-0.2, -0.15) is 0 Å². The van der Waals surface area contributed by atoms with Crippen molar-refractivity contribution in [3.63, 3.8) is 0 Å². The van der Waals surface area contributed by atoms with Crippen LogP contribution in [-0.2, 0) is 4.79 Å². The molecule has 1 fully saturated rings. The Hall–Kier alpha value is -0.750. The second-order valence-corrected chi connectivity index (χ2v) is 3.68. The van der Waals surface area contributed by atoms with Crippen molar-refractivity contribution in [2.75, 3.05) is 0 Å². The van der Waals surface area contributed by atoms with Crippen molar-refractivity contribution in [2.45, 2.75) is 37.3 Å². The zero-order chi connectivity index (χ0) is 10.9. The molecule has 5 N–H and O–H groups in total. The zero-order valence-corrected chi connectivity index (χ0v) is 7.62. The maximum Gasteiger partial charge on any atom is 0.268 e. The van der Waals surface area contributed by atoms with Crippen LogP contribution in [0.25, 0.3) is 0 Å². The summed E-state index contributed by atoms with van der Waals surface area (Å²) < 4.78 is 26.8. The number of aliphatic hydroxyl groups is 1. The number of primary amides is 1. The van der Waals surface area contributed by atoms with E-state index in [2.05, 4.69) is 0 Å². The van der Waals surface area contributed by atoms with Crippen LogP contribution >= 0.6 is 0 Å². The molecule has 0 radical (unpaired) electrons. The van der Waals surface area contributed by atoms with E-state index in [1.165, 1.54) is 0 Å². The van der Waals surface area contributed by atoms with E-state index in [1.54, 1.807) is 0 Å². The molecule has 1 aliphatic carbocycles. The van der Waals surface area contributed by atoms with Crippen molar-refractivity contribution < 1.29 is 18.7 Å². The predicted octanol–water partition coefficient (Wildman–Crippen LogP) is -0.405. The smallest absolute Gasteiger partial charge is 0.268 e. The Kier molecular flexibility index (Phi) is 3.06. The van der Waals surface area contributed by atoms with E-state index in [-0.39, 0.29) is 0 Å². The van der Waals surface area contributed by atoms with Crippen LogP contribution in [0, 0.1) is 5.92 Å². The molecule has 0 aromatic rings. The lowest BCUT2D eigenvalue weighted by Crippen LogP contribution is -2.58. The summed E-state index contributed by atoms with van der Waals surface area (Å²) >= 11 is 0. The first kappa shape index (κ1) is 11.3. The minimum absolute atomic E-state index is 0.381. The molecule has 0 saturated heterocycles.